The van der Waals surface area contributed by atoms with Crippen LogP contribution in [0.1, 0.15) is 35.6 Å². The molecule has 3 nitrogen and oxygen atoms in total. The van der Waals surface area contributed by atoms with Crippen molar-refractivity contribution in [3.63, 3.8) is 0 Å². The Morgan fingerprint density at radius 3 is 2.68 bits per heavy atom. The van der Waals surface area contributed by atoms with Gasteiger partial charge < -0.3 is 10.1 Å². The van der Waals surface area contributed by atoms with Crippen molar-refractivity contribution in [1.29, 1.82) is 0 Å². The molecule has 3 aromatic rings. The molecular weight excluding hydrogens is 447 g/mol. The van der Waals surface area contributed by atoms with E-state index < -0.39 is 0 Å². The SMILES string of the molecule is COc1ccc(-c2nc(NCC#C[C@@H](CC3CC3)c3ccccc3)sc2C)c(Cl)c1.Cl. The largest absolute Gasteiger partial charge is 0.497 e. The number of aryl methyl sites for hydroxylation is 1. The normalized spacial score (nSPS) is 13.5. The van der Waals surface area contributed by atoms with Crippen LogP contribution in [0.2, 0.25) is 5.02 Å². The van der Waals surface area contributed by atoms with Crippen molar-refractivity contribution in [3.8, 4) is 28.8 Å². The number of hydrogen-bond acceptors (Lipinski definition) is 4. The maximum Gasteiger partial charge on any atom is 0.184 e. The lowest BCUT2D eigenvalue weighted by molar-refractivity contribution is 0.415. The molecule has 4 rings (SSSR count). The number of benzene rings is 2. The van der Waals surface area contributed by atoms with E-state index >= 15 is 0 Å². The van der Waals surface area contributed by atoms with E-state index in [2.05, 4.69) is 54.4 Å². The summed E-state index contributed by atoms with van der Waals surface area (Å²) in [5.74, 6) is 8.70. The summed E-state index contributed by atoms with van der Waals surface area (Å²) in [6.07, 6.45) is 3.85. The van der Waals surface area contributed by atoms with E-state index in [-0.39, 0.29) is 12.4 Å². The summed E-state index contributed by atoms with van der Waals surface area (Å²) < 4.78 is 5.24. The maximum atomic E-state index is 6.43. The van der Waals surface area contributed by atoms with E-state index in [1.807, 2.05) is 18.2 Å². The molecule has 2 aromatic carbocycles. The van der Waals surface area contributed by atoms with Crippen LogP contribution in [0.15, 0.2) is 48.5 Å². The molecule has 0 saturated heterocycles. The van der Waals surface area contributed by atoms with Crippen LogP contribution in [0.25, 0.3) is 11.3 Å². The molecule has 0 bridgehead atoms. The lowest BCUT2D eigenvalue weighted by Crippen LogP contribution is -2.01. The van der Waals surface area contributed by atoms with Crippen LogP contribution in [0.4, 0.5) is 5.13 Å². The van der Waals surface area contributed by atoms with Crippen LogP contribution in [-0.4, -0.2) is 18.6 Å². The fourth-order valence-corrected chi connectivity index (χ4v) is 4.56. The Balaban J connectivity index is 0.00000272. The second-order valence-electron chi connectivity index (χ2n) is 7.59. The number of thiazole rings is 1. The molecule has 1 fully saturated rings. The van der Waals surface area contributed by atoms with Crippen molar-refractivity contribution in [3.05, 3.63) is 64.0 Å². The van der Waals surface area contributed by atoms with Crippen LogP contribution in [-0.2, 0) is 0 Å². The summed E-state index contributed by atoms with van der Waals surface area (Å²) in [6, 6.07) is 16.3. The Morgan fingerprint density at radius 1 is 1.23 bits per heavy atom. The minimum absolute atomic E-state index is 0. The molecule has 1 N–H and O–H groups in total. The number of anilines is 1. The molecule has 1 aliphatic carbocycles. The first-order chi connectivity index (χ1) is 14.6. The van der Waals surface area contributed by atoms with Gasteiger partial charge >= 0.3 is 0 Å². The number of rotatable bonds is 7. The molecule has 1 aliphatic rings. The van der Waals surface area contributed by atoms with Gasteiger partial charge in [0, 0.05) is 16.4 Å². The van der Waals surface area contributed by atoms with E-state index in [4.69, 9.17) is 21.3 Å². The van der Waals surface area contributed by atoms with Crippen molar-refractivity contribution >= 4 is 40.5 Å². The number of halogens is 2. The van der Waals surface area contributed by atoms with Crippen LogP contribution in [0.3, 0.4) is 0 Å². The topological polar surface area (TPSA) is 34.1 Å². The summed E-state index contributed by atoms with van der Waals surface area (Å²) in [5, 5.41) is 4.86. The Bertz CT molecular complexity index is 1070. The van der Waals surface area contributed by atoms with Gasteiger partial charge in [-0.15, -0.1) is 23.7 Å². The molecule has 0 amide bonds. The molecular formula is C25H26Cl2N2OS. The van der Waals surface area contributed by atoms with E-state index in [0.29, 0.717) is 17.5 Å². The van der Waals surface area contributed by atoms with E-state index in [0.717, 1.165) is 39.4 Å². The highest BCUT2D eigenvalue weighted by atomic mass is 35.5. The Hall–Kier alpha value is -2.19. The average Bonchev–Trinajstić information content (AvgIpc) is 3.51. The number of nitrogens with zero attached hydrogens (tertiary/aromatic N) is 1. The van der Waals surface area contributed by atoms with Crippen molar-refractivity contribution in [2.45, 2.75) is 32.1 Å². The maximum absolute atomic E-state index is 6.43. The first-order valence-corrected chi connectivity index (χ1v) is 11.4. The van der Waals surface area contributed by atoms with Gasteiger partial charge in [0.1, 0.15) is 5.75 Å². The minimum Gasteiger partial charge on any atom is -0.497 e. The van der Waals surface area contributed by atoms with Gasteiger partial charge in [-0.2, -0.15) is 0 Å². The van der Waals surface area contributed by atoms with Crippen LogP contribution < -0.4 is 10.1 Å². The summed E-state index contributed by atoms with van der Waals surface area (Å²) in [4.78, 5) is 5.86. The van der Waals surface area contributed by atoms with Gasteiger partial charge in [-0.3, -0.25) is 0 Å². The van der Waals surface area contributed by atoms with Gasteiger partial charge in [0.05, 0.1) is 24.4 Å². The molecule has 1 saturated carbocycles. The second kappa shape index (κ2) is 10.9. The Kier molecular flexibility index (Phi) is 8.26. The highest BCUT2D eigenvalue weighted by molar-refractivity contribution is 7.16. The fourth-order valence-electron chi connectivity index (χ4n) is 3.48. The lowest BCUT2D eigenvalue weighted by atomic mass is 9.94. The Labute approximate surface area is 199 Å². The number of ether oxygens (including phenoxy) is 1. The third-order valence-corrected chi connectivity index (χ3v) is 6.54. The predicted octanol–water partition coefficient (Wildman–Crippen LogP) is 7.20. The number of nitrogens with one attached hydrogen (secondary N) is 1. The molecule has 6 heteroatoms. The summed E-state index contributed by atoms with van der Waals surface area (Å²) in [7, 11) is 1.63. The van der Waals surface area contributed by atoms with Crippen molar-refractivity contribution in [2.24, 2.45) is 5.92 Å². The summed E-state index contributed by atoms with van der Waals surface area (Å²) in [5.41, 5.74) is 3.14. The highest BCUT2D eigenvalue weighted by Gasteiger charge is 2.25. The van der Waals surface area contributed by atoms with Crippen LogP contribution >= 0.6 is 35.3 Å². The quantitative estimate of drug-likeness (QED) is 0.369. The standard InChI is InChI=1S/C25H25ClN2OS.ClH/c1-17-24(22-13-12-21(29-2)16-23(22)26)28-25(30-17)27-14-6-9-20(15-18-10-11-18)19-7-4-3-5-8-19;/h3-5,7-8,12-13,16,18,20H,10-11,14-15H2,1-2H3,(H,27,28);1H/t20-;/m0./s1. The number of hydrogen-bond donors (Lipinski definition) is 1. The molecule has 1 aromatic heterocycles. The summed E-state index contributed by atoms with van der Waals surface area (Å²) >= 11 is 8.06. The van der Waals surface area contributed by atoms with Crippen molar-refractivity contribution < 1.29 is 4.74 Å². The van der Waals surface area contributed by atoms with Gasteiger partial charge in [-0.1, -0.05) is 66.6 Å². The second-order valence-corrected chi connectivity index (χ2v) is 9.20. The monoisotopic (exact) mass is 472 g/mol. The third-order valence-electron chi connectivity index (χ3n) is 5.30. The minimum atomic E-state index is 0. The van der Waals surface area contributed by atoms with Crippen molar-refractivity contribution in [1.82, 2.24) is 4.98 Å². The molecule has 0 unspecified atom stereocenters. The molecule has 0 aliphatic heterocycles. The molecule has 1 atom stereocenters. The van der Waals surface area contributed by atoms with Gasteiger partial charge in [0.2, 0.25) is 0 Å². The first-order valence-electron chi connectivity index (χ1n) is 10.2. The zero-order valence-corrected chi connectivity index (χ0v) is 20.0. The van der Waals surface area contributed by atoms with Crippen LogP contribution in [0, 0.1) is 24.7 Å². The molecule has 0 spiro atoms. The van der Waals surface area contributed by atoms with Crippen molar-refractivity contribution in [2.75, 3.05) is 19.0 Å². The Morgan fingerprint density at radius 2 is 2.00 bits per heavy atom. The predicted molar refractivity (Wildman–Crippen MR) is 134 cm³/mol. The van der Waals surface area contributed by atoms with Gasteiger partial charge in [0.15, 0.2) is 5.13 Å². The van der Waals surface area contributed by atoms with Crippen LogP contribution in [0.5, 0.6) is 5.75 Å². The zero-order chi connectivity index (χ0) is 20.9. The zero-order valence-electron chi connectivity index (χ0n) is 17.7. The average molecular weight is 473 g/mol. The number of methoxy groups -OCH3 is 1. The summed E-state index contributed by atoms with van der Waals surface area (Å²) in [6.45, 7) is 2.64. The molecule has 0 radical (unpaired) electrons. The van der Waals surface area contributed by atoms with Gasteiger partial charge in [-0.25, -0.2) is 4.98 Å². The smallest absolute Gasteiger partial charge is 0.184 e. The number of aromatic nitrogens is 1. The molecule has 1 heterocycles. The van der Waals surface area contributed by atoms with E-state index in [9.17, 15) is 0 Å². The fraction of sp³-hybridized carbons (Fsp3) is 0.320. The van der Waals surface area contributed by atoms with Gasteiger partial charge in [0.25, 0.3) is 0 Å². The van der Waals surface area contributed by atoms with E-state index in [1.54, 1.807) is 18.4 Å². The lowest BCUT2D eigenvalue weighted by Gasteiger charge is -2.10. The first kappa shape index (κ1) is 23.5. The molecule has 31 heavy (non-hydrogen) atoms. The third kappa shape index (κ3) is 6.17. The molecule has 162 valence electrons. The van der Waals surface area contributed by atoms with E-state index in [1.165, 1.54) is 18.4 Å². The van der Waals surface area contributed by atoms with Gasteiger partial charge in [-0.05, 0) is 43.0 Å². The highest BCUT2D eigenvalue weighted by Crippen LogP contribution is 2.38.